The van der Waals surface area contributed by atoms with E-state index in [4.69, 9.17) is 4.74 Å². The molecule has 1 fully saturated rings. The Hall–Kier alpha value is -2.05. The van der Waals surface area contributed by atoms with Crippen molar-refractivity contribution in [2.24, 2.45) is 0 Å². The van der Waals surface area contributed by atoms with Gasteiger partial charge in [-0.25, -0.2) is 0 Å². The minimum absolute atomic E-state index is 0.494. The number of ether oxygens (including phenoxy) is 1. The second-order valence-corrected chi connectivity index (χ2v) is 5.71. The molecule has 0 radical (unpaired) electrons. The summed E-state index contributed by atoms with van der Waals surface area (Å²) >= 11 is 0. The predicted octanol–water partition coefficient (Wildman–Crippen LogP) is 3.57. The highest BCUT2D eigenvalue weighted by molar-refractivity contribution is 5.92. The largest absolute Gasteiger partial charge is 0.491 e. The zero-order valence-electron chi connectivity index (χ0n) is 12.4. The molecule has 1 unspecified atom stereocenters. The minimum Gasteiger partial charge on any atom is -0.491 e. The molecule has 0 N–H and O–H groups in total. The van der Waals surface area contributed by atoms with E-state index < -0.39 is 0 Å². The maximum atomic E-state index is 9.20. The predicted molar refractivity (Wildman–Crippen MR) is 84.4 cm³/mol. The number of rotatable bonds is 3. The van der Waals surface area contributed by atoms with Gasteiger partial charge in [0, 0.05) is 16.8 Å². The third-order valence-electron chi connectivity index (χ3n) is 4.36. The molecule has 1 aliphatic heterocycles. The molecule has 108 valence electrons. The highest BCUT2D eigenvalue weighted by atomic mass is 16.5. The molecule has 1 heterocycles. The van der Waals surface area contributed by atoms with Gasteiger partial charge in [-0.05, 0) is 38.6 Å². The van der Waals surface area contributed by atoms with Crippen LogP contribution in [0.1, 0.15) is 24.8 Å². The molecule has 2 aromatic carbocycles. The highest BCUT2D eigenvalue weighted by Gasteiger charge is 2.19. The van der Waals surface area contributed by atoms with Crippen LogP contribution in [0.2, 0.25) is 0 Å². The zero-order chi connectivity index (χ0) is 14.7. The molecule has 0 bridgehead atoms. The fourth-order valence-corrected chi connectivity index (χ4v) is 3.04. The Morgan fingerprint density at radius 1 is 1.19 bits per heavy atom. The normalized spacial score (nSPS) is 19.3. The van der Waals surface area contributed by atoms with Crippen molar-refractivity contribution >= 4 is 10.8 Å². The lowest BCUT2D eigenvalue weighted by molar-refractivity contribution is 0.126. The van der Waals surface area contributed by atoms with Crippen molar-refractivity contribution in [3.8, 4) is 11.8 Å². The number of nitrogens with zero attached hydrogens (tertiary/aromatic N) is 2. The van der Waals surface area contributed by atoms with Gasteiger partial charge in [-0.3, -0.25) is 0 Å². The summed E-state index contributed by atoms with van der Waals surface area (Å²) in [5, 5.41) is 11.2. The summed E-state index contributed by atoms with van der Waals surface area (Å²) in [5.41, 5.74) is 0.702. The van der Waals surface area contributed by atoms with Crippen molar-refractivity contribution in [1.29, 1.82) is 5.26 Å². The van der Waals surface area contributed by atoms with Crippen LogP contribution in [0.4, 0.5) is 0 Å². The SMILES string of the molecule is CN1CCCCC1COc1ccc(C#N)c2ccccc12. The number of hydrogen-bond acceptors (Lipinski definition) is 3. The Kier molecular flexibility index (Phi) is 4.08. The van der Waals surface area contributed by atoms with Gasteiger partial charge in [-0.15, -0.1) is 0 Å². The molecule has 3 nitrogen and oxygen atoms in total. The molecule has 21 heavy (non-hydrogen) atoms. The van der Waals surface area contributed by atoms with E-state index in [1.54, 1.807) is 0 Å². The van der Waals surface area contributed by atoms with Gasteiger partial charge in [-0.2, -0.15) is 5.26 Å². The van der Waals surface area contributed by atoms with Crippen molar-refractivity contribution in [3.05, 3.63) is 42.0 Å². The topological polar surface area (TPSA) is 36.3 Å². The van der Waals surface area contributed by atoms with Crippen LogP contribution in [-0.4, -0.2) is 31.1 Å². The van der Waals surface area contributed by atoms with E-state index in [1.807, 2.05) is 36.4 Å². The molecule has 1 aliphatic rings. The van der Waals surface area contributed by atoms with Gasteiger partial charge in [0.25, 0.3) is 0 Å². The minimum atomic E-state index is 0.494. The zero-order valence-corrected chi connectivity index (χ0v) is 12.4. The highest BCUT2D eigenvalue weighted by Crippen LogP contribution is 2.29. The van der Waals surface area contributed by atoms with Gasteiger partial charge >= 0.3 is 0 Å². The van der Waals surface area contributed by atoms with Crippen molar-refractivity contribution < 1.29 is 4.74 Å². The second kappa shape index (κ2) is 6.15. The molecule has 1 saturated heterocycles. The van der Waals surface area contributed by atoms with Gasteiger partial charge in [0.05, 0.1) is 11.6 Å². The smallest absolute Gasteiger partial charge is 0.127 e. The number of benzene rings is 2. The van der Waals surface area contributed by atoms with Crippen LogP contribution < -0.4 is 4.74 Å². The van der Waals surface area contributed by atoms with Crippen LogP contribution >= 0.6 is 0 Å². The van der Waals surface area contributed by atoms with Crippen LogP contribution in [0.5, 0.6) is 5.75 Å². The number of piperidine rings is 1. The molecule has 0 amide bonds. The summed E-state index contributed by atoms with van der Waals surface area (Å²) in [6.07, 6.45) is 3.77. The van der Waals surface area contributed by atoms with Gasteiger partial charge in [0.1, 0.15) is 12.4 Å². The molecule has 0 aliphatic carbocycles. The molecule has 0 spiro atoms. The summed E-state index contributed by atoms with van der Waals surface area (Å²) in [7, 11) is 2.17. The standard InChI is InChI=1S/C18H20N2O/c1-20-11-5-4-6-15(20)13-21-18-10-9-14(12-19)16-7-2-3-8-17(16)18/h2-3,7-10,15H,4-6,11,13H2,1H3. The molecule has 0 saturated carbocycles. The number of nitriles is 1. The van der Waals surface area contributed by atoms with Gasteiger partial charge in [0.2, 0.25) is 0 Å². The first kappa shape index (κ1) is 13.9. The van der Waals surface area contributed by atoms with Crippen molar-refractivity contribution in [2.75, 3.05) is 20.2 Å². The van der Waals surface area contributed by atoms with Gasteiger partial charge in [0.15, 0.2) is 0 Å². The molecule has 0 aromatic heterocycles. The summed E-state index contributed by atoms with van der Waals surface area (Å²) in [5.74, 6) is 0.878. The molecule has 3 rings (SSSR count). The monoisotopic (exact) mass is 280 g/mol. The Morgan fingerprint density at radius 2 is 2.00 bits per heavy atom. The van der Waals surface area contributed by atoms with Crippen LogP contribution in [0.3, 0.4) is 0 Å². The summed E-state index contributed by atoms with van der Waals surface area (Å²) < 4.78 is 6.08. The van der Waals surface area contributed by atoms with Crippen molar-refractivity contribution in [3.63, 3.8) is 0 Å². The Morgan fingerprint density at radius 3 is 2.76 bits per heavy atom. The first-order valence-corrected chi connectivity index (χ1v) is 7.54. The summed E-state index contributed by atoms with van der Waals surface area (Å²) in [6, 6.07) is 14.5. The van der Waals surface area contributed by atoms with E-state index in [9.17, 15) is 5.26 Å². The first-order chi connectivity index (χ1) is 10.3. The average Bonchev–Trinajstić information content (AvgIpc) is 2.54. The Bertz CT molecular complexity index is 674. The maximum Gasteiger partial charge on any atom is 0.127 e. The summed E-state index contributed by atoms with van der Waals surface area (Å²) in [4.78, 5) is 2.38. The molecule has 1 atom stereocenters. The van der Waals surface area contributed by atoms with E-state index in [0.29, 0.717) is 18.2 Å². The number of likely N-dealkylation sites (tertiary alicyclic amines) is 1. The van der Waals surface area contributed by atoms with E-state index in [2.05, 4.69) is 18.0 Å². The molecular weight excluding hydrogens is 260 g/mol. The van der Waals surface area contributed by atoms with Crippen LogP contribution in [0, 0.1) is 11.3 Å². The number of hydrogen-bond donors (Lipinski definition) is 0. The third-order valence-corrected chi connectivity index (χ3v) is 4.36. The fourth-order valence-electron chi connectivity index (χ4n) is 3.04. The lowest BCUT2D eigenvalue weighted by Crippen LogP contribution is -2.40. The van der Waals surface area contributed by atoms with Gasteiger partial charge < -0.3 is 9.64 Å². The van der Waals surface area contributed by atoms with Crippen molar-refractivity contribution in [2.45, 2.75) is 25.3 Å². The second-order valence-electron chi connectivity index (χ2n) is 5.71. The molecule has 2 aromatic rings. The maximum absolute atomic E-state index is 9.20. The van der Waals surface area contributed by atoms with Crippen LogP contribution in [0.25, 0.3) is 10.8 Å². The molecule has 3 heteroatoms. The lowest BCUT2D eigenvalue weighted by atomic mass is 10.0. The van der Waals surface area contributed by atoms with E-state index >= 15 is 0 Å². The van der Waals surface area contributed by atoms with Crippen LogP contribution in [-0.2, 0) is 0 Å². The summed E-state index contributed by atoms with van der Waals surface area (Å²) in [6.45, 7) is 1.87. The van der Waals surface area contributed by atoms with E-state index in [0.717, 1.165) is 23.1 Å². The first-order valence-electron chi connectivity index (χ1n) is 7.54. The van der Waals surface area contributed by atoms with Gasteiger partial charge in [-0.1, -0.05) is 30.7 Å². The quantitative estimate of drug-likeness (QED) is 0.862. The fraction of sp³-hybridized carbons (Fsp3) is 0.389. The Labute approximate surface area is 125 Å². The van der Waals surface area contributed by atoms with Crippen molar-refractivity contribution in [1.82, 2.24) is 4.90 Å². The van der Waals surface area contributed by atoms with Crippen LogP contribution in [0.15, 0.2) is 36.4 Å². The third kappa shape index (κ3) is 2.86. The Balaban J connectivity index is 1.83. The van der Waals surface area contributed by atoms with E-state index in [1.165, 1.54) is 19.3 Å². The average molecular weight is 280 g/mol. The lowest BCUT2D eigenvalue weighted by Gasteiger charge is -2.32. The molecular formula is C18H20N2O. The number of fused-ring (bicyclic) bond motifs is 1. The van der Waals surface area contributed by atoms with E-state index in [-0.39, 0.29) is 0 Å². The number of likely N-dealkylation sites (N-methyl/N-ethyl adjacent to an activating group) is 1.